The zero-order valence-corrected chi connectivity index (χ0v) is 6.60. The molecule has 0 aromatic heterocycles. The van der Waals surface area contributed by atoms with E-state index in [1.165, 1.54) is 0 Å². The van der Waals surface area contributed by atoms with Crippen LogP contribution in [0.5, 0.6) is 0 Å². The first-order chi connectivity index (χ1) is 5.93. The largest absolute Gasteiger partial charge is 0.513 e. The quantitative estimate of drug-likeness (QED) is 0.399. The zero-order valence-electron chi connectivity index (χ0n) is 6.60. The molecule has 13 heavy (non-hydrogen) atoms. The third kappa shape index (κ3) is 5.62. The molecular weight excluding hydrogens is 182 g/mol. The molecule has 74 valence electrons. The van der Waals surface area contributed by atoms with Gasteiger partial charge in [-0.05, 0) is 6.42 Å². The summed E-state index contributed by atoms with van der Waals surface area (Å²) in [6.07, 6.45) is -2.21. The normalized spacial score (nSPS) is 11.8. The van der Waals surface area contributed by atoms with Crippen molar-refractivity contribution in [2.45, 2.75) is 18.9 Å². The minimum atomic E-state index is -1.75. The Balaban J connectivity index is 3.82. The second kappa shape index (κ2) is 5.09. The van der Waals surface area contributed by atoms with E-state index >= 15 is 0 Å². The molecule has 0 aromatic carbocycles. The third-order valence-corrected chi connectivity index (χ3v) is 1.16. The number of carboxylic acids is 1. The van der Waals surface area contributed by atoms with Gasteiger partial charge < -0.3 is 20.7 Å². The number of hydrogen-bond acceptors (Lipinski definition) is 5. The zero-order chi connectivity index (χ0) is 10.4. The molecular formula is C6H9NO6. The lowest BCUT2D eigenvalue weighted by atomic mass is 10.2. The van der Waals surface area contributed by atoms with Crippen LogP contribution in [0.15, 0.2) is 0 Å². The molecule has 0 rings (SSSR count). The minimum Gasteiger partial charge on any atom is -0.481 e. The number of esters is 1. The van der Waals surface area contributed by atoms with Crippen molar-refractivity contribution in [2.24, 2.45) is 5.73 Å². The van der Waals surface area contributed by atoms with Gasteiger partial charge >= 0.3 is 18.1 Å². The van der Waals surface area contributed by atoms with Crippen LogP contribution in [0.4, 0.5) is 4.79 Å². The summed E-state index contributed by atoms with van der Waals surface area (Å²) in [5.74, 6) is -2.26. The van der Waals surface area contributed by atoms with Gasteiger partial charge in [0.15, 0.2) is 0 Å². The summed E-state index contributed by atoms with van der Waals surface area (Å²) in [5, 5.41) is 16.2. The van der Waals surface area contributed by atoms with Gasteiger partial charge in [0.2, 0.25) is 0 Å². The molecule has 0 saturated carbocycles. The number of ether oxygens (including phenoxy) is 1. The van der Waals surface area contributed by atoms with Crippen LogP contribution in [0.25, 0.3) is 0 Å². The van der Waals surface area contributed by atoms with Crippen LogP contribution in [0.1, 0.15) is 12.8 Å². The molecule has 0 aliphatic heterocycles. The molecule has 7 nitrogen and oxygen atoms in total. The van der Waals surface area contributed by atoms with Gasteiger partial charge in [0.1, 0.15) is 6.04 Å². The lowest BCUT2D eigenvalue weighted by Crippen LogP contribution is -2.33. The standard InChI is InChI=1S/C6H9NO6/c7-3(1-2-4(8)9)5(10)13-6(11)12/h3H,1-2,7H2,(H,8,9)(H,11,12)/t3-/m1/s1. The Kier molecular flexibility index (Phi) is 4.45. The van der Waals surface area contributed by atoms with Gasteiger partial charge in [-0.25, -0.2) is 9.59 Å². The van der Waals surface area contributed by atoms with Crippen LogP contribution in [0.3, 0.4) is 0 Å². The van der Waals surface area contributed by atoms with Crippen molar-refractivity contribution in [1.82, 2.24) is 0 Å². The molecule has 1 atom stereocenters. The van der Waals surface area contributed by atoms with Gasteiger partial charge in [0.25, 0.3) is 0 Å². The molecule has 0 aromatic rings. The highest BCUT2D eigenvalue weighted by atomic mass is 16.7. The van der Waals surface area contributed by atoms with E-state index in [0.717, 1.165) is 0 Å². The van der Waals surface area contributed by atoms with Crippen molar-refractivity contribution < 1.29 is 29.3 Å². The summed E-state index contributed by atoms with van der Waals surface area (Å²) < 4.78 is 3.70. The highest BCUT2D eigenvalue weighted by Gasteiger charge is 2.18. The molecule has 0 aliphatic rings. The summed E-state index contributed by atoms with van der Waals surface area (Å²) >= 11 is 0. The van der Waals surface area contributed by atoms with E-state index in [4.69, 9.17) is 15.9 Å². The van der Waals surface area contributed by atoms with E-state index in [2.05, 4.69) is 4.74 Å². The molecule has 0 bridgehead atoms. The summed E-state index contributed by atoms with van der Waals surface area (Å²) in [4.78, 5) is 30.5. The van der Waals surface area contributed by atoms with Gasteiger partial charge in [-0.1, -0.05) is 0 Å². The fraction of sp³-hybridized carbons (Fsp3) is 0.500. The number of nitrogens with two attached hydrogens (primary N) is 1. The third-order valence-electron chi connectivity index (χ3n) is 1.16. The maximum Gasteiger partial charge on any atom is 0.513 e. The summed E-state index contributed by atoms with van der Waals surface area (Å²) in [6.45, 7) is 0. The van der Waals surface area contributed by atoms with E-state index in [1.54, 1.807) is 0 Å². The van der Waals surface area contributed by atoms with Gasteiger partial charge in [0, 0.05) is 6.42 Å². The number of hydrogen-bond donors (Lipinski definition) is 3. The molecule has 0 heterocycles. The lowest BCUT2D eigenvalue weighted by Gasteiger charge is -2.05. The van der Waals surface area contributed by atoms with Crippen molar-refractivity contribution in [3.8, 4) is 0 Å². The highest BCUT2D eigenvalue weighted by Crippen LogP contribution is 1.97. The second-order valence-electron chi connectivity index (χ2n) is 2.23. The fourth-order valence-electron chi connectivity index (χ4n) is 0.559. The Hall–Kier alpha value is -1.63. The number of aliphatic carboxylic acids is 1. The highest BCUT2D eigenvalue weighted by molar-refractivity contribution is 5.85. The summed E-state index contributed by atoms with van der Waals surface area (Å²) in [7, 11) is 0. The van der Waals surface area contributed by atoms with E-state index in [9.17, 15) is 14.4 Å². The molecule has 0 aliphatic carbocycles. The van der Waals surface area contributed by atoms with E-state index < -0.39 is 24.1 Å². The fourth-order valence-corrected chi connectivity index (χ4v) is 0.559. The average molecular weight is 191 g/mol. The molecule has 0 fully saturated rings. The minimum absolute atomic E-state index is 0.151. The molecule has 7 heteroatoms. The van der Waals surface area contributed by atoms with Crippen molar-refractivity contribution in [3.05, 3.63) is 0 Å². The summed E-state index contributed by atoms with van der Waals surface area (Å²) in [6, 6.07) is -1.22. The van der Waals surface area contributed by atoms with Crippen LogP contribution in [-0.4, -0.2) is 34.3 Å². The first-order valence-electron chi connectivity index (χ1n) is 3.35. The van der Waals surface area contributed by atoms with E-state index in [1.807, 2.05) is 0 Å². The maximum atomic E-state index is 10.6. The van der Waals surface area contributed by atoms with Gasteiger partial charge in [-0.3, -0.25) is 4.79 Å². The number of carbonyl (C=O) groups is 3. The number of carboxylic acid groups (broad SMARTS) is 2. The Bertz CT molecular complexity index is 225. The molecule has 0 saturated heterocycles. The first-order valence-corrected chi connectivity index (χ1v) is 3.35. The van der Waals surface area contributed by atoms with Crippen LogP contribution < -0.4 is 5.73 Å². The van der Waals surface area contributed by atoms with Crippen molar-refractivity contribution >= 4 is 18.1 Å². The van der Waals surface area contributed by atoms with Gasteiger partial charge in [0.05, 0.1) is 0 Å². The molecule has 0 radical (unpaired) electrons. The Morgan fingerprint density at radius 3 is 2.23 bits per heavy atom. The Morgan fingerprint density at radius 2 is 1.85 bits per heavy atom. The monoisotopic (exact) mass is 191 g/mol. The SMILES string of the molecule is N[C@H](CCC(=O)O)C(=O)OC(=O)O. The number of rotatable bonds is 4. The maximum absolute atomic E-state index is 10.6. The van der Waals surface area contributed by atoms with Gasteiger partial charge in [-0.15, -0.1) is 0 Å². The molecule has 0 spiro atoms. The van der Waals surface area contributed by atoms with Crippen LogP contribution in [-0.2, 0) is 14.3 Å². The summed E-state index contributed by atoms with van der Waals surface area (Å²) in [5.41, 5.74) is 5.11. The average Bonchev–Trinajstić information content (AvgIpc) is 1.98. The van der Waals surface area contributed by atoms with Crippen LogP contribution in [0, 0.1) is 0 Å². The van der Waals surface area contributed by atoms with Crippen LogP contribution >= 0.6 is 0 Å². The predicted octanol–water partition coefficient (Wildman–Crippen LogP) is -0.600. The van der Waals surface area contributed by atoms with E-state index in [-0.39, 0.29) is 12.8 Å². The lowest BCUT2D eigenvalue weighted by molar-refractivity contribution is -0.141. The van der Waals surface area contributed by atoms with Crippen molar-refractivity contribution in [2.75, 3.05) is 0 Å². The van der Waals surface area contributed by atoms with Crippen molar-refractivity contribution in [1.29, 1.82) is 0 Å². The molecule has 4 N–H and O–H groups in total. The molecule has 0 amide bonds. The number of carbonyl (C=O) groups excluding carboxylic acids is 1. The van der Waals surface area contributed by atoms with E-state index in [0.29, 0.717) is 0 Å². The topological polar surface area (TPSA) is 127 Å². The predicted molar refractivity (Wildman–Crippen MR) is 39.0 cm³/mol. The second-order valence-corrected chi connectivity index (χ2v) is 2.23. The molecule has 0 unspecified atom stereocenters. The van der Waals surface area contributed by atoms with Crippen molar-refractivity contribution in [3.63, 3.8) is 0 Å². The smallest absolute Gasteiger partial charge is 0.481 e. The van der Waals surface area contributed by atoms with Gasteiger partial charge in [-0.2, -0.15) is 0 Å². The first kappa shape index (κ1) is 11.4. The Labute approximate surface area is 73.1 Å². The Morgan fingerprint density at radius 1 is 1.31 bits per heavy atom. The van der Waals surface area contributed by atoms with Crippen LogP contribution in [0.2, 0.25) is 0 Å².